The molecule has 0 radical (unpaired) electrons. The highest BCUT2D eigenvalue weighted by Crippen LogP contribution is 2.18. The Labute approximate surface area is 116 Å². The summed E-state index contributed by atoms with van der Waals surface area (Å²) in [6.45, 7) is 1.02. The lowest BCUT2D eigenvalue weighted by atomic mass is 10.1. The third-order valence-corrected chi connectivity index (χ3v) is 3.75. The number of likely N-dealkylation sites (tertiary alicyclic amines) is 1. The summed E-state index contributed by atoms with van der Waals surface area (Å²) in [4.78, 5) is 29.0. The lowest BCUT2D eigenvalue weighted by Gasteiger charge is -2.15. The van der Waals surface area contributed by atoms with Crippen LogP contribution in [0.15, 0.2) is 30.6 Å². The number of imidazole rings is 1. The third-order valence-electron chi connectivity index (χ3n) is 3.75. The van der Waals surface area contributed by atoms with Crippen molar-refractivity contribution >= 4 is 17.5 Å². The van der Waals surface area contributed by atoms with Gasteiger partial charge in [-0.25, -0.2) is 4.98 Å². The second-order valence-corrected chi connectivity index (χ2v) is 5.07. The zero-order valence-electron chi connectivity index (χ0n) is 11.0. The molecule has 0 bridgehead atoms. The number of hydrogen-bond donors (Lipinski definition) is 1. The van der Waals surface area contributed by atoms with Crippen LogP contribution >= 0.6 is 0 Å². The van der Waals surface area contributed by atoms with Crippen molar-refractivity contribution in [2.24, 2.45) is 11.7 Å². The Hall–Kier alpha value is -2.37. The van der Waals surface area contributed by atoms with E-state index in [1.54, 1.807) is 4.90 Å². The van der Waals surface area contributed by atoms with Crippen molar-refractivity contribution in [3.8, 4) is 0 Å². The molecule has 2 aromatic rings. The molecular formula is C14H16N4O2. The van der Waals surface area contributed by atoms with Gasteiger partial charge in [-0.15, -0.1) is 0 Å². The van der Waals surface area contributed by atoms with Gasteiger partial charge in [-0.05, 0) is 12.1 Å². The fourth-order valence-electron chi connectivity index (χ4n) is 2.60. The van der Waals surface area contributed by atoms with Gasteiger partial charge in [0.1, 0.15) is 5.65 Å². The van der Waals surface area contributed by atoms with Gasteiger partial charge in [0, 0.05) is 44.0 Å². The number of pyridine rings is 1. The number of carbonyl (C=O) groups excluding carboxylic acids is 2. The van der Waals surface area contributed by atoms with Crippen molar-refractivity contribution in [3.63, 3.8) is 0 Å². The van der Waals surface area contributed by atoms with E-state index in [0.717, 1.165) is 11.3 Å². The maximum Gasteiger partial charge on any atom is 0.223 e. The van der Waals surface area contributed by atoms with Gasteiger partial charge in [-0.2, -0.15) is 0 Å². The quantitative estimate of drug-likeness (QED) is 0.864. The molecule has 3 heterocycles. The highest BCUT2D eigenvalue weighted by atomic mass is 16.2. The number of nitrogens with two attached hydrogens (primary N) is 1. The maximum atomic E-state index is 11.8. The number of carbonyl (C=O) groups is 2. The van der Waals surface area contributed by atoms with Crippen molar-refractivity contribution in [1.82, 2.24) is 14.3 Å². The van der Waals surface area contributed by atoms with E-state index in [1.807, 2.05) is 35.0 Å². The van der Waals surface area contributed by atoms with Gasteiger partial charge in [0.05, 0.1) is 5.92 Å². The Morgan fingerprint density at radius 2 is 2.30 bits per heavy atom. The second-order valence-electron chi connectivity index (χ2n) is 5.07. The Morgan fingerprint density at radius 3 is 3.05 bits per heavy atom. The first kappa shape index (κ1) is 12.7. The fourth-order valence-corrected chi connectivity index (χ4v) is 2.60. The SMILES string of the molecule is NC(=O)C1CC(=O)N(CCc2cnc3ccccn23)C1. The molecule has 1 aliphatic rings. The summed E-state index contributed by atoms with van der Waals surface area (Å²) in [6.07, 6.45) is 4.72. The molecule has 1 fully saturated rings. The average molecular weight is 272 g/mol. The van der Waals surface area contributed by atoms with E-state index in [2.05, 4.69) is 4.98 Å². The van der Waals surface area contributed by atoms with Crippen LogP contribution in [-0.4, -0.2) is 39.2 Å². The van der Waals surface area contributed by atoms with Crippen LogP contribution in [0.2, 0.25) is 0 Å². The molecule has 0 spiro atoms. The largest absolute Gasteiger partial charge is 0.369 e. The van der Waals surface area contributed by atoms with E-state index in [1.165, 1.54) is 0 Å². The van der Waals surface area contributed by atoms with Crippen molar-refractivity contribution in [2.45, 2.75) is 12.8 Å². The monoisotopic (exact) mass is 272 g/mol. The number of hydrogen-bond acceptors (Lipinski definition) is 3. The fraction of sp³-hybridized carbons (Fsp3) is 0.357. The van der Waals surface area contributed by atoms with E-state index in [-0.39, 0.29) is 18.2 Å². The normalized spacial score (nSPS) is 18.9. The minimum atomic E-state index is -0.393. The molecule has 1 aliphatic heterocycles. The van der Waals surface area contributed by atoms with Crippen molar-refractivity contribution < 1.29 is 9.59 Å². The lowest BCUT2D eigenvalue weighted by Crippen LogP contribution is -2.30. The van der Waals surface area contributed by atoms with Crippen LogP contribution in [0, 0.1) is 5.92 Å². The van der Waals surface area contributed by atoms with Crippen LogP contribution in [0.1, 0.15) is 12.1 Å². The minimum Gasteiger partial charge on any atom is -0.369 e. The third kappa shape index (κ3) is 2.24. The Bertz CT molecular complexity index is 664. The van der Waals surface area contributed by atoms with Crippen LogP contribution in [0.5, 0.6) is 0 Å². The van der Waals surface area contributed by atoms with E-state index in [0.29, 0.717) is 19.5 Å². The predicted molar refractivity (Wildman–Crippen MR) is 72.8 cm³/mol. The van der Waals surface area contributed by atoms with Gasteiger partial charge >= 0.3 is 0 Å². The van der Waals surface area contributed by atoms with Crippen molar-refractivity contribution in [1.29, 1.82) is 0 Å². The molecule has 0 aromatic carbocycles. The van der Waals surface area contributed by atoms with Gasteiger partial charge in [0.2, 0.25) is 11.8 Å². The van der Waals surface area contributed by atoms with Gasteiger partial charge in [-0.3, -0.25) is 9.59 Å². The van der Waals surface area contributed by atoms with Gasteiger partial charge < -0.3 is 15.0 Å². The number of rotatable bonds is 4. The van der Waals surface area contributed by atoms with E-state index >= 15 is 0 Å². The maximum absolute atomic E-state index is 11.8. The molecule has 0 saturated carbocycles. The highest BCUT2D eigenvalue weighted by molar-refractivity contribution is 5.88. The van der Waals surface area contributed by atoms with Crippen molar-refractivity contribution in [2.75, 3.05) is 13.1 Å². The van der Waals surface area contributed by atoms with Crippen LogP contribution in [-0.2, 0) is 16.0 Å². The number of fused-ring (bicyclic) bond motifs is 1. The average Bonchev–Trinajstić information content (AvgIpc) is 3.00. The molecule has 6 nitrogen and oxygen atoms in total. The van der Waals surface area contributed by atoms with E-state index < -0.39 is 5.91 Å². The highest BCUT2D eigenvalue weighted by Gasteiger charge is 2.32. The molecule has 2 aromatic heterocycles. The summed E-state index contributed by atoms with van der Waals surface area (Å²) >= 11 is 0. The van der Waals surface area contributed by atoms with Gasteiger partial charge in [-0.1, -0.05) is 6.07 Å². The van der Waals surface area contributed by atoms with Crippen LogP contribution < -0.4 is 5.73 Å². The first-order valence-corrected chi connectivity index (χ1v) is 6.63. The van der Waals surface area contributed by atoms with Gasteiger partial charge in [0.15, 0.2) is 0 Å². The van der Waals surface area contributed by atoms with Crippen LogP contribution in [0.4, 0.5) is 0 Å². The van der Waals surface area contributed by atoms with Gasteiger partial charge in [0.25, 0.3) is 0 Å². The molecule has 6 heteroatoms. The molecule has 1 saturated heterocycles. The minimum absolute atomic E-state index is 0.00243. The van der Waals surface area contributed by atoms with Crippen LogP contribution in [0.3, 0.4) is 0 Å². The molecule has 1 atom stereocenters. The lowest BCUT2D eigenvalue weighted by molar-refractivity contribution is -0.128. The number of amides is 2. The standard InChI is InChI=1S/C14H16N4O2/c15-14(20)10-7-13(19)17(9-10)6-4-11-8-16-12-3-1-2-5-18(11)12/h1-3,5,8,10H,4,6-7,9H2,(H2,15,20). The first-order chi connectivity index (χ1) is 9.65. The smallest absolute Gasteiger partial charge is 0.223 e. The zero-order chi connectivity index (χ0) is 14.1. The van der Waals surface area contributed by atoms with Crippen LogP contribution in [0.25, 0.3) is 5.65 Å². The topological polar surface area (TPSA) is 80.7 Å². The summed E-state index contributed by atoms with van der Waals surface area (Å²) in [5, 5.41) is 0. The molecule has 3 rings (SSSR count). The summed E-state index contributed by atoms with van der Waals surface area (Å²) in [7, 11) is 0. The molecule has 2 amide bonds. The molecule has 20 heavy (non-hydrogen) atoms. The zero-order valence-corrected chi connectivity index (χ0v) is 11.0. The Morgan fingerprint density at radius 1 is 1.45 bits per heavy atom. The molecule has 2 N–H and O–H groups in total. The molecule has 1 unspecified atom stereocenters. The summed E-state index contributed by atoms with van der Waals surface area (Å²) < 4.78 is 2.01. The number of primary amides is 1. The summed E-state index contributed by atoms with van der Waals surface area (Å²) in [5.41, 5.74) is 7.20. The molecular weight excluding hydrogens is 256 g/mol. The Kier molecular flexibility index (Phi) is 3.14. The van der Waals surface area contributed by atoms with Crippen molar-refractivity contribution in [3.05, 3.63) is 36.3 Å². The van der Waals surface area contributed by atoms with E-state index in [9.17, 15) is 9.59 Å². The first-order valence-electron chi connectivity index (χ1n) is 6.63. The molecule has 104 valence electrons. The Balaban J connectivity index is 1.68. The second kappa shape index (κ2) is 4.96. The molecule has 0 aliphatic carbocycles. The van der Waals surface area contributed by atoms with E-state index in [4.69, 9.17) is 5.73 Å². The summed E-state index contributed by atoms with van der Waals surface area (Å²) in [5.74, 6) is -0.733. The number of aromatic nitrogens is 2. The predicted octanol–water partition coefficient (Wildman–Crippen LogP) is 0.211. The summed E-state index contributed by atoms with van der Waals surface area (Å²) in [6, 6.07) is 5.82. The number of nitrogens with zero attached hydrogens (tertiary/aromatic N) is 3.